The lowest BCUT2D eigenvalue weighted by atomic mass is 9.97. The molecule has 0 amide bonds. The fourth-order valence-corrected chi connectivity index (χ4v) is 1.48. The lowest BCUT2D eigenvalue weighted by Gasteiger charge is -2.13. The fourth-order valence-electron chi connectivity index (χ4n) is 1.48. The molecular weight excluding hydrogens is 196 g/mol. The van der Waals surface area contributed by atoms with E-state index in [1.165, 1.54) is 19.2 Å². The van der Waals surface area contributed by atoms with Crippen LogP contribution in [0.25, 0.3) is 0 Å². The SMILES string of the molecule is COc1cc(O)ccc1C(C)CC(=O)O. The summed E-state index contributed by atoms with van der Waals surface area (Å²) in [7, 11) is 1.49. The van der Waals surface area contributed by atoms with Crippen LogP contribution in [0.3, 0.4) is 0 Å². The number of hydrogen-bond acceptors (Lipinski definition) is 3. The van der Waals surface area contributed by atoms with Gasteiger partial charge in [0.1, 0.15) is 11.5 Å². The highest BCUT2D eigenvalue weighted by Crippen LogP contribution is 2.31. The number of hydrogen-bond donors (Lipinski definition) is 2. The van der Waals surface area contributed by atoms with Crippen molar-refractivity contribution in [2.75, 3.05) is 7.11 Å². The second-order valence-corrected chi connectivity index (χ2v) is 3.43. The highest BCUT2D eigenvalue weighted by molar-refractivity contribution is 5.68. The first-order valence-electron chi connectivity index (χ1n) is 4.63. The molecule has 1 aromatic carbocycles. The monoisotopic (exact) mass is 210 g/mol. The molecule has 0 aliphatic heterocycles. The molecule has 4 heteroatoms. The van der Waals surface area contributed by atoms with E-state index in [0.717, 1.165) is 5.56 Å². The van der Waals surface area contributed by atoms with E-state index in [0.29, 0.717) is 5.75 Å². The Morgan fingerprint density at radius 2 is 2.20 bits per heavy atom. The lowest BCUT2D eigenvalue weighted by Crippen LogP contribution is -2.04. The lowest BCUT2D eigenvalue weighted by molar-refractivity contribution is -0.137. The van der Waals surface area contributed by atoms with Gasteiger partial charge >= 0.3 is 5.97 Å². The van der Waals surface area contributed by atoms with E-state index in [9.17, 15) is 9.90 Å². The molecule has 2 N–H and O–H groups in total. The van der Waals surface area contributed by atoms with E-state index in [1.807, 2.05) is 6.92 Å². The molecular formula is C11H14O4. The van der Waals surface area contributed by atoms with Gasteiger partial charge in [-0.05, 0) is 17.5 Å². The van der Waals surface area contributed by atoms with E-state index in [4.69, 9.17) is 9.84 Å². The van der Waals surface area contributed by atoms with Gasteiger partial charge in [-0.2, -0.15) is 0 Å². The molecule has 0 saturated carbocycles. The van der Waals surface area contributed by atoms with E-state index in [1.54, 1.807) is 6.07 Å². The van der Waals surface area contributed by atoms with Crippen LogP contribution < -0.4 is 4.74 Å². The van der Waals surface area contributed by atoms with Crippen molar-refractivity contribution < 1.29 is 19.7 Å². The summed E-state index contributed by atoms with van der Waals surface area (Å²) in [4.78, 5) is 10.6. The molecule has 0 bridgehead atoms. The van der Waals surface area contributed by atoms with Crippen LogP contribution in [0.5, 0.6) is 11.5 Å². The molecule has 0 aliphatic rings. The first-order valence-corrected chi connectivity index (χ1v) is 4.63. The van der Waals surface area contributed by atoms with Crippen LogP contribution in [0, 0.1) is 0 Å². The van der Waals surface area contributed by atoms with Crippen LogP contribution in [0.15, 0.2) is 18.2 Å². The predicted octanol–water partition coefficient (Wildman–Crippen LogP) is 1.98. The molecule has 1 atom stereocenters. The average Bonchev–Trinajstić information content (AvgIpc) is 2.16. The largest absolute Gasteiger partial charge is 0.508 e. The summed E-state index contributed by atoms with van der Waals surface area (Å²) in [5.74, 6) is -0.363. The fraction of sp³-hybridized carbons (Fsp3) is 0.364. The summed E-state index contributed by atoms with van der Waals surface area (Å²) in [6.07, 6.45) is 0.0428. The van der Waals surface area contributed by atoms with Crippen molar-refractivity contribution in [3.8, 4) is 11.5 Å². The van der Waals surface area contributed by atoms with Crippen molar-refractivity contribution in [2.24, 2.45) is 0 Å². The zero-order valence-electron chi connectivity index (χ0n) is 8.73. The summed E-state index contributed by atoms with van der Waals surface area (Å²) in [5.41, 5.74) is 0.790. The van der Waals surface area contributed by atoms with Gasteiger partial charge in [-0.3, -0.25) is 4.79 Å². The number of rotatable bonds is 4. The highest BCUT2D eigenvalue weighted by atomic mass is 16.5. The van der Waals surface area contributed by atoms with Crippen LogP contribution in [0.4, 0.5) is 0 Å². The van der Waals surface area contributed by atoms with E-state index in [2.05, 4.69) is 0 Å². The Morgan fingerprint density at radius 1 is 1.53 bits per heavy atom. The van der Waals surface area contributed by atoms with Crippen molar-refractivity contribution in [1.29, 1.82) is 0 Å². The maximum atomic E-state index is 10.6. The van der Waals surface area contributed by atoms with Crippen molar-refractivity contribution >= 4 is 5.97 Å². The van der Waals surface area contributed by atoms with Gasteiger partial charge in [0.15, 0.2) is 0 Å². The quantitative estimate of drug-likeness (QED) is 0.797. The number of phenolic OH excluding ortho intramolecular Hbond substituents is 1. The summed E-state index contributed by atoms with van der Waals surface area (Å²) >= 11 is 0. The minimum absolute atomic E-state index is 0.0428. The Bertz CT molecular complexity index is 360. The Kier molecular flexibility index (Phi) is 3.55. The smallest absolute Gasteiger partial charge is 0.303 e. The number of benzene rings is 1. The molecule has 0 aliphatic carbocycles. The number of aliphatic carboxylic acids is 1. The normalized spacial score (nSPS) is 12.1. The first kappa shape index (κ1) is 11.4. The number of carboxylic acid groups (broad SMARTS) is 1. The number of carbonyl (C=O) groups is 1. The Labute approximate surface area is 88.1 Å². The number of carboxylic acids is 1. The maximum absolute atomic E-state index is 10.6. The Morgan fingerprint density at radius 3 is 2.73 bits per heavy atom. The second kappa shape index (κ2) is 4.68. The summed E-state index contributed by atoms with van der Waals surface area (Å²) in [6.45, 7) is 1.81. The van der Waals surface area contributed by atoms with E-state index >= 15 is 0 Å². The predicted molar refractivity (Wildman–Crippen MR) is 55.3 cm³/mol. The van der Waals surface area contributed by atoms with Crippen LogP contribution in [-0.2, 0) is 4.79 Å². The molecule has 1 aromatic rings. The molecule has 0 radical (unpaired) electrons. The van der Waals surface area contributed by atoms with Gasteiger partial charge in [0.2, 0.25) is 0 Å². The molecule has 4 nitrogen and oxygen atoms in total. The number of ether oxygens (including phenoxy) is 1. The minimum atomic E-state index is -0.849. The van der Waals surface area contributed by atoms with Crippen LogP contribution in [0.1, 0.15) is 24.8 Å². The number of methoxy groups -OCH3 is 1. The zero-order chi connectivity index (χ0) is 11.4. The van der Waals surface area contributed by atoms with Crippen molar-refractivity contribution in [2.45, 2.75) is 19.3 Å². The third-order valence-electron chi connectivity index (χ3n) is 2.23. The van der Waals surface area contributed by atoms with E-state index < -0.39 is 5.97 Å². The maximum Gasteiger partial charge on any atom is 0.303 e. The van der Waals surface area contributed by atoms with Gasteiger partial charge in [0, 0.05) is 6.07 Å². The molecule has 0 aromatic heterocycles. The Hall–Kier alpha value is -1.71. The van der Waals surface area contributed by atoms with Gasteiger partial charge in [0.25, 0.3) is 0 Å². The molecule has 1 rings (SSSR count). The van der Waals surface area contributed by atoms with Gasteiger partial charge in [-0.25, -0.2) is 0 Å². The summed E-state index contributed by atoms with van der Waals surface area (Å²) < 4.78 is 5.08. The standard InChI is InChI=1S/C11H14O4/c1-7(5-11(13)14)9-4-3-8(12)6-10(9)15-2/h3-4,6-7,12H,5H2,1-2H3,(H,13,14). The zero-order valence-corrected chi connectivity index (χ0v) is 8.73. The van der Waals surface area contributed by atoms with Gasteiger partial charge < -0.3 is 14.9 Å². The second-order valence-electron chi connectivity index (χ2n) is 3.43. The first-order chi connectivity index (χ1) is 7.04. The minimum Gasteiger partial charge on any atom is -0.508 e. The molecule has 15 heavy (non-hydrogen) atoms. The van der Waals surface area contributed by atoms with Gasteiger partial charge in [0.05, 0.1) is 13.5 Å². The van der Waals surface area contributed by atoms with Crippen molar-refractivity contribution in [1.82, 2.24) is 0 Å². The van der Waals surface area contributed by atoms with Crippen molar-refractivity contribution in [3.63, 3.8) is 0 Å². The van der Waals surface area contributed by atoms with Crippen LogP contribution in [-0.4, -0.2) is 23.3 Å². The topological polar surface area (TPSA) is 66.8 Å². The van der Waals surface area contributed by atoms with E-state index in [-0.39, 0.29) is 18.1 Å². The average molecular weight is 210 g/mol. The molecule has 0 heterocycles. The number of aromatic hydroxyl groups is 1. The molecule has 0 saturated heterocycles. The third-order valence-corrected chi connectivity index (χ3v) is 2.23. The van der Waals surface area contributed by atoms with Crippen LogP contribution in [0.2, 0.25) is 0 Å². The third kappa shape index (κ3) is 2.87. The molecule has 82 valence electrons. The van der Waals surface area contributed by atoms with Gasteiger partial charge in [-0.1, -0.05) is 13.0 Å². The summed E-state index contributed by atoms with van der Waals surface area (Å²) in [5, 5.41) is 17.9. The molecule has 0 fully saturated rings. The summed E-state index contributed by atoms with van der Waals surface area (Å²) in [6, 6.07) is 4.69. The molecule has 0 spiro atoms. The van der Waals surface area contributed by atoms with Crippen molar-refractivity contribution in [3.05, 3.63) is 23.8 Å². The van der Waals surface area contributed by atoms with Crippen LogP contribution >= 0.6 is 0 Å². The Balaban J connectivity index is 2.97. The van der Waals surface area contributed by atoms with Gasteiger partial charge in [-0.15, -0.1) is 0 Å². The molecule has 1 unspecified atom stereocenters. The highest BCUT2D eigenvalue weighted by Gasteiger charge is 2.14. The number of phenols is 1.